The van der Waals surface area contributed by atoms with E-state index in [-0.39, 0.29) is 5.97 Å². The van der Waals surface area contributed by atoms with Crippen molar-refractivity contribution in [2.75, 3.05) is 6.61 Å². The van der Waals surface area contributed by atoms with Crippen molar-refractivity contribution in [3.05, 3.63) is 60.2 Å². The number of carbonyl (C=O) groups is 1. The highest BCUT2D eigenvalue weighted by Crippen LogP contribution is 2.37. The largest absolute Gasteiger partial charge is 0.465 e. The summed E-state index contributed by atoms with van der Waals surface area (Å²) in [6.45, 7) is 2.14. The van der Waals surface area contributed by atoms with E-state index in [1.54, 1.807) is 6.92 Å². The standard InChI is InChI=1S/C17H15NO3S/c1-2-20-16(19)15(12-8-4-3-5-9-12)22-17-18-13-10-6-7-11-14(13)21-17/h3-11,15H,2H2,1H3. The number of oxazole rings is 1. The van der Waals surface area contributed by atoms with Crippen LogP contribution in [0.15, 0.2) is 64.2 Å². The molecule has 1 atom stereocenters. The van der Waals surface area contributed by atoms with Crippen molar-refractivity contribution in [1.82, 2.24) is 4.98 Å². The number of esters is 1. The summed E-state index contributed by atoms with van der Waals surface area (Å²) in [5.74, 6) is -0.291. The predicted octanol–water partition coefficient (Wildman–Crippen LogP) is 4.22. The minimum Gasteiger partial charge on any atom is -0.465 e. The molecule has 4 nitrogen and oxygen atoms in total. The number of para-hydroxylation sites is 2. The van der Waals surface area contributed by atoms with Crippen molar-refractivity contribution < 1.29 is 13.9 Å². The summed E-state index contributed by atoms with van der Waals surface area (Å²) in [6.07, 6.45) is 0. The average molecular weight is 313 g/mol. The summed E-state index contributed by atoms with van der Waals surface area (Å²) in [5.41, 5.74) is 2.36. The molecule has 0 aliphatic rings. The molecule has 3 rings (SSSR count). The maximum Gasteiger partial charge on any atom is 0.324 e. The molecule has 0 amide bonds. The quantitative estimate of drug-likeness (QED) is 0.521. The SMILES string of the molecule is CCOC(=O)C(Sc1nc2ccccc2o1)c1ccccc1. The molecule has 5 heteroatoms. The van der Waals surface area contributed by atoms with Crippen molar-refractivity contribution in [2.45, 2.75) is 17.4 Å². The minimum absolute atomic E-state index is 0.291. The molecule has 0 aliphatic carbocycles. The van der Waals surface area contributed by atoms with E-state index >= 15 is 0 Å². The molecular weight excluding hydrogens is 298 g/mol. The Morgan fingerprint density at radius 2 is 1.91 bits per heavy atom. The van der Waals surface area contributed by atoms with Crippen LogP contribution in [0.3, 0.4) is 0 Å². The van der Waals surface area contributed by atoms with Gasteiger partial charge >= 0.3 is 5.97 Å². The molecule has 0 saturated heterocycles. The van der Waals surface area contributed by atoms with Crippen LogP contribution in [0.4, 0.5) is 0 Å². The Balaban J connectivity index is 1.90. The minimum atomic E-state index is -0.491. The van der Waals surface area contributed by atoms with E-state index < -0.39 is 5.25 Å². The predicted molar refractivity (Wildman–Crippen MR) is 85.7 cm³/mol. The van der Waals surface area contributed by atoms with Crippen LogP contribution in [-0.2, 0) is 9.53 Å². The topological polar surface area (TPSA) is 52.3 Å². The Labute approximate surface area is 132 Å². The molecule has 0 bridgehead atoms. The van der Waals surface area contributed by atoms with Gasteiger partial charge in [-0.2, -0.15) is 0 Å². The number of hydrogen-bond acceptors (Lipinski definition) is 5. The first-order chi connectivity index (χ1) is 10.8. The van der Waals surface area contributed by atoms with Gasteiger partial charge in [-0.1, -0.05) is 42.5 Å². The number of hydrogen-bond donors (Lipinski definition) is 0. The summed E-state index contributed by atoms with van der Waals surface area (Å²) in [6, 6.07) is 17.0. The van der Waals surface area contributed by atoms with Crippen LogP contribution in [0.5, 0.6) is 0 Å². The van der Waals surface area contributed by atoms with Gasteiger partial charge in [0.05, 0.1) is 6.61 Å². The molecule has 112 valence electrons. The van der Waals surface area contributed by atoms with E-state index in [0.717, 1.165) is 11.1 Å². The molecule has 0 radical (unpaired) electrons. The molecule has 1 heterocycles. The van der Waals surface area contributed by atoms with E-state index in [1.165, 1.54) is 11.8 Å². The number of carbonyl (C=O) groups excluding carboxylic acids is 1. The maximum absolute atomic E-state index is 12.3. The number of rotatable bonds is 5. The molecule has 22 heavy (non-hydrogen) atoms. The van der Waals surface area contributed by atoms with E-state index in [2.05, 4.69) is 4.98 Å². The van der Waals surface area contributed by atoms with Crippen LogP contribution in [0, 0.1) is 0 Å². The van der Waals surface area contributed by atoms with Gasteiger partial charge in [-0.3, -0.25) is 4.79 Å². The molecule has 0 spiro atoms. The molecule has 0 fully saturated rings. The number of benzene rings is 2. The van der Waals surface area contributed by atoms with Gasteiger partial charge in [-0.05, 0) is 36.4 Å². The van der Waals surface area contributed by atoms with Gasteiger partial charge < -0.3 is 9.15 Å². The van der Waals surface area contributed by atoms with Crippen LogP contribution < -0.4 is 0 Å². The Bertz CT molecular complexity index is 737. The number of fused-ring (bicyclic) bond motifs is 1. The van der Waals surface area contributed by atoms with Crippen LogP contribution in [0.2, 0.25) is 0 Å². The van der Waals surface area contributed by atoms with Crippen molar-refractivity contribution in [1.29, 1.82) is 0 Å². The third kappa shape index (κ3) is 3.14. The zero-order chi connectivity index (χ0) is 15.4. The highest BCUT2D eigenvalue weighted by Gasteiger charge is 2.25. The normalized spacial score (nSPS) is 12.2. The third-order valence-corrected chi connectivity index (χ3v) is 4.17. The van der Waals surface area contributed by atoms with Gasteiger partial charge in [0.25, 0.3) is 5.22 Å². The van der Waals surface area contributed by atoms with Crippen LogP contribution >= 0.6 is 11.8 Å². The van der Waals surface area contributed by atoms with Gasteiger partial charge in [-0.25, -0.2) is 4.98 Å². The lowest BCUT2D eigenvalue weighted by atomic mass is 10.1. The highest BCUT2D eigenvalue weighted by atomic mass is 32.2. The summed E-state index contributed by atoms with van der Waals surface area (Å²) < 4.78 is 10.9. The lowest BCUT2D eigenvalue weighted by Crippen LogP contribution is -2.13. The summed E-state index contributed by atoms with van der Waals surface area (Å²) in [5, 5.41) is -0.0303. The lowest BCUT2D eigenvalue weighted by molar-refractivity contribution is -0.142. The highest BCUT2D eigenvalue weighted by molar-refractivity contribution is 8.00. The molecule has 0 N–H and O–H groups in total. The monoisotopic (exact) mass is 313 g/mol. The second kappa shape index (κ2) is 6.66. The Kier molecular flexibility index (Phi) is 4.44. The van der Waals surface area contributed by atoms with Crippen LogP contribution in [-0.4, -0.2) is 17.6 Å². The van der Waals surface area contributed by atoms with Crippen molar-refractivity contribution >= 4 is 28.8 Å². The number of thioether (sulfide) groups is 1. The smallest absolute Gasteiger partial charge is 0.324 e. The second-order valence-electron chi connectivity index (χ2n) is 4.61. The summed E-state index contributed by atoms with van der Waals surface area (Å²) >= 11 is 1.26. The van der Waals surface area contributed by atoms with Gasteiger partial charge in [0.2, 0.25) is 0 Å². The first-order valence-electron chi connectivity index (χ1n) is 7.01. The Morgan fingerprint density at radius 1 is 1.18 bits per heavy atom. The molecule has 2 aromatic carbocycles. The number of nitrogens with zero attached hydrogens (tertiary/aromatic N) is 1. The molecule has 1 unspecified atom stereocenters. The van der Waals surface area contributed by atoms with E-state index in [1.807, 2.05) is 54.6 Å². The van der Waals surface area contributed by atoms with Gasteiger partial charge in [-0.15, -0.1) is 0 Å². The summed E-state index contributed by atoms with van der Waals surface area (Å²) in [7, 11) is 0. The van der Waals surface area contributed by atoms with Crippen molar-refractivity contribution in [2.24, 2.45) is 0 Å². The van der Waals surface area contributed by atoms with Gasteiger partial charge in [0.1, 0.15) is 10.8 Å². The van der Waals surface area contributed by atoms with Crippen LogP contribution in [0.25, 0.3) is 11.1 Å². The average Bonchev–Trinajstić information content (AvgIpc) is 2.96. The van der Waals surface area contributed by atoms with E-state index in [4.69, 9.17) is 9.15 Å². The zero-order valence-electron chi connectivity index (χ0n) is 12.1. The fourth-order valence-corrected chi connectivity index (χ4v) is 3.05. The first kappa shape index (κ1) is 14.7. The molecular formula is C17H15NO3S. The fourth-order valence-electron chi connectivity index (χ4n) is 2.10. The van der Waals surface area contributed by atoms with Crippen molar-refractivity contribution in [3.63, 3.8) is 0 Å². The van der Waals surface area contributed by atoms with E-state index in [9.17, 15) is 4.79 Å². The Hall–Kier alpha value is -2.27. The fraction of sp³-hybridized carbons (Fsp3) is 0.176. The lowest BCUT2D eigenvalue weighted by Gasteiger charge is -2.13. The van der Waals surface area contributed by atoms with Crippen LogP contribution in [0.1, 0.15) is 17.7 Å². The second-order valence-corrected chi connectivity index (χ2v) is 5.66. The van der Waals surface area contributed by atoms with Gasteiger partial charge in [0.15, 0.2) is 5.58 Å². The zero-order valence-corrected chi connectivity index (χ0v) is 12.9. The number of ether oxygens (including phenoxy) is 1. The van der Waals surface area contributed by atoms with E-state index in [0.29, 0.717) is 17.4 Å². The molecule has 0 aliphatic heterocycles. The molecule has 3 aromatic rings. The summed E-state index contributed by atoms with van der Waals surface area (Å²) in [4.78, 5) is 16.7. The first-order valence-corrected chi connectivity index (χ1v) is 7.89. The van der Waals surface area contributed by atoms with Gasteiger partial charge in [0, 0.05) is 0 Å². The molecule has 0 saturated carbocycles. The number of aromatic nitrogens is 1. The third-order valence-electron chi connectivity index (χ3n) is 3.10. The Morgan fingerprint density at radius 3 is 2.64 bits per heavy atom. The molecule has 1 aromatic heterocycles. The maximum atomic E-state index is 12.3. The van der Waals surface area contributed by atoms with Crippen molar-refractivity contribution in [3.8, 4) is 0 Å².